The second-order valence-corrected chi connectivity index (χ2v) is 5.23. The molecule has 0 saturated heterocycles. The fourth-order valence-electron chi connectivity index (χ4n) is 2.39. The quantitative estimate of drug-likeness (QED) is 0.824. The molecule has 0 radical (unpaired) electrons. The number of aliphatic hydroxyl groups excluding tert-OH is 1. The average molecular weight is 294 g/mol. The van der Waals surface area contributed by atoms with E-state index in [4.69, 9.17) is 16.7 Å². The van der Waals surface area contributed by atoms with Crippen LogP contribution in [0.3, 0.4) is 0 Å². The molecule has 0 aliphatic heterocycles. The lowest BCUT2D eigenvalue weighted by molar-refractivity contribution is 0.325. The minimum absolute atomic E-state index is 0.00276. The second-order valence-electron chi connectivity index (χ2n) is 4.79. The molecule has 0 heterocycles. The standard InChI is InChI=1S/C16H17ClFNO/c1-10-3-5-13(18)8-15(10)11(2)14-6-4-12(17)7-16(14)19-9-20/h3-8,11,19-20H,9H2,1-2H3. The number of hydrogen-bond donors (Lipinski definition) is 2. The molecule has 106 valence electrons. The molecule has 2 rings (SSSR count). The molecule has 0 saturated carbocycles. The molecule has 0 aromatic heterocycles. The van der Waals surface area contributed by atoms with Crippen LogP contribution in [0.25, 0.3) is 0 Å². The summed E-state index contributed by atoms with van der Waals surface area (Å²) in [6.07, 6.45) is 0. The Bertz CT molecular complexity index is 615. The van der Waals surface area contributed by atoms with Crippen molar-refractivity contribution < 1.29 is 9.50 Å². The van der Waals surface area contributed by atoms with Gasteiger partial charge >= 0.3 is 0 Å². The van der Waals surface area contributed by atoms with Gasteiger partial charge < -0.3 is 10.4 Å². The minimum Gasteiger partial charge on any atom is -0.377 e. The first kappa shape index (κ1) is 14.8. The van der Waals surface area contributed by atoms with Crippen LogP contribution in [0.15, 0.2) is 36.4 Å². The molecular weight excluding hydrogens is 277 g/mol. The highest BCUT2D eigenvalue weighted by Crippen LogP contribution is 2.33. The van der Waals surface area contributed by atoms with E-state index in [1.165, 1.54) is 6.07 Å². The van der Waals surface area contributed by atoms with Gasteiger partial charge in [-0.25, -0.2) is 4.39 Å². The summed E-state index contributed by atoms with van der Waals surface area (Å²) in [5.74, 6) is -0.250. The van der Waals surface area contributed by atoms with E-state index in [0.717, 1.165) is 22.4 Å². The van der Waals surface area contributed by atoms with E-state index in [-0.39, 0.29) is 18.5 Å². The molecule has 0 fully saturated rings. The summed E-state index contributed by atoms with van der Waals surface area (Å²) in [5, 5.41) is 12.5. The lowest BCUT2D eigenvalue weighted by Crippen LogP contribution is -2.07. The van der Waals surface area contributed by atoms with Gasteiger partial charge in [-0.2, -0.15) is 0 Å². The van der Waals surface area contributed by atoms with Crippen molar-refractivity contribution in [3.63, 3.8) is 0 Å². The van der Waals surface area contributed by atoms with Crippen LogP contribution in [0.1, 0.15) is 29.5 Å². The zero-order valence-electron chi connectivity index (χ0n) is 11.5. The Morgan fingerprint density at radius 3 is 2.65 bits per heavy atom. The highest BCUT2D eigenvalue weighted by Gasteiger charge is 2.15. The molecule has 20 heavy (non-hydrogen) atoms. The van der Waals surface area contributed by atoms with Crippen molar-refractivity contribution in [2.24, 2.45) is 0 Å². The molecule has 4 heteroatoms. The Kier molecular flexibility index (Phi) is 4.63. The van der Waals surface area contributed by atoms with E-state index < -0.39 is 0 Å². The maximum absolute atomic E-state index is 13.5. The Hall–Kier alpha value is -1.58. The van der Waals surface area contributed by atoms with Gasteiger partial charge in [-0.15, -0.1) is 0 Å². The largest absolute Gasteiger partial charge is 0.377 e. The highest BCUT2D eigenvalue weighted by atomic mass is 35.5. The summed E-state index contributed by atoms with van der Waals surface area (Å²) >= 11 is 5.98. The number of benzene rings is 2. The van der Waals surface area contributed by atoms with E-state index in [0.29, 0.717) is 5.02 Å². The third-order valence-electron chi connectivity index (χ3n) is 3.46. The van der Waals surface area contributed by atoms with Crippen LogP contribution in [0.2, 0.25) is 5.02 Å². The summed E-state index contributed by atoms with van der Waals surface area (Å²) in [7, 11) is 0. The fourth-order valence-corrected chi connectivity index (χ4v) is 2.56. The summed E-state index contributed by atoms with van der Waals surface area (Å²) < 4.78 is 13.5. The molecular formula is C16H17ClFNO. The number of aryl methyl sites for hydroxylation is 1. The maximum atomic E-state index is 13.5. The molecule has 2 aromatic carbocycles. The second kappa shape index (κ2) is 6.25. The predicted molar refractivity (Wildman–Crippen MR) is 80.8 cm³/mol. The van der Waals surface area contributed by atoms with Crippen LogP contribution in [-0.4, -0.2) is 11.8 Å². The number of halogens is 2. The molecule has 2 aromatic rings. The van der Waals surface area contributed by atoms with Gasteiger partial charge in [-0.3, -0.25) is 0 Å². The highest BCUT2D eigenvalue weighted by molar-refractivity contribution is 6.30. The zero-order valence-corrected chi connectivity index (χ0v) is 12.2. The molecule has 2 N–H and O–H groups in total. The monoisotopic (exact) mass is 293 g/mol. The van der Waals surface area contributed by atoms with Crippen molar-refractivity contribution in [3.8, 4) is 0 Å². The van der Waals surface area contributed by atoms with Gasteiger partial charge in [-0.1, -0.05) is 30.7 Å². The predicted octanol–water partition coefficient (Wildman–Crippen LogP) is 4.30. The van der Waals surface area contributed by atoms with Gasteiger partial charge in [0.15, 0.2) is 0 Å². The number of anilines is 1. The number of rotatable bonds is 4. The molecule has 0 aliphatic rings. The van der Waals surface area contributed by atoms with Gasteiger partial charge in [0.2, 0.25) is 0 Å². The van der Waals surface area contributed by atoms with Gasteiger partial charge in [0.1, 0.15) is 12.5 Å². The van der Waals surface area contributed by atoms with Crippen molar-refractivity contribution >= 4 is 17.3 Å². The third-order valence-corrected chi connectivity index (χ3v) is 3.69. The van der Waals surface area contributed by atoms with Crippen LogP contribution in [0, 0.1) is 12.7 Å². The Morgan fingerprint density at radius 2 is 1.95 bits per heavy atom. The molecule has 2 nitrogen and oxygen atoms in total. The first-order valence-corrected chi connectivity index (χ1v) is 6.81. The molecule has 0 bridgehead atoms. The molecule has 1 atom stereocenters. The Labute approximate surface area is 123 Å². The molecule has 0 spiro atoms. The Balaban J connectivity index is 2.47. The van der Waals surface area contributed by atoms with Crippen LogP contribution in [0.5, 0.6) is 0 Å². The average Bonchev–Trinajstić information content (AvgIpc) is 2.41. The summed E-state index contributed by atoms with van der Waals surface area (Å²) in [5.41, 5.74) is 3.69. The van der Waals surface area contributed by atoms with Gasteiger partial charge in [-0.05, 0) is 47.9 Å². The SMILES string of the molecule is Cc1ccc(F)cc1C(C)c1ccc(Cl)cc1NCO. The normalized spacial score (nSPS) is 12.2. The van der Waals surface area contributed by atoms with Crippen molar-refractivity contribution in [2.45, 2.75) is 19.8 Å². The Morgan fingerprint density at radius 1 is 1.20 bits per heavy atom. The van der Waals surface area contributed by atoms with E-state index in [1.54, 1.807) is 24.3 Å². The first-order chi connectivity index (χ1) is 9.52. The summed E-state index contributed by atoms with van der Waals surface area (Å²) in [4.78, 5) is 0. The van der Waals surface area contributed by atoms with Gasteiger partial charge in [0, 0.05) is 16.6 Å². The van der Waals surface area contributed by atoms with E-state index in [9.17, 15) is 4.39 Å². The lowest BCUT2D eigenvalue weighted by Gasteiger charge is -2.19. The van der Waals surface area contributed by atoms with E-state index in [2.05, 4.69) is 5.32 Å². The van der Waals surface area contributed by atoms with Crippen LogP contribution in [-0.2, 0) is 0 Å². The van der Waals surface area contributed by atoms with Crippen molar-refractivity contribution in [2.75, 3.05) is 12.0 Å². The fraction of sp³-hybridized carbons (Fsp3) is 0.250. The smallest absolute Gasteiger partial charge is 0.123 e. The van der Waals surface area contributed by atoms with E-state index >= 15 is 0 Å². The molecule has 0 amide bonds. The third kappa shape index (κ3) is 3.11. The topological polar surface area (TPSA) is 32.3 Å². The van der Waals surface area contributed by atoms with Crippen molar-refractivity contribution in [1.82, 2.24) is 0 Å². The number of aliphatic hydroxyl groups is 1. The maximum Gasteiger partial charge on any atom is 0.123 e. The molecule has 1 unspecified atom stereocenters. The van der Waals surface area contributed by atoms with Crippen LogP contribution >= 0.6 is 11.6 Å². The summed E-state index contributed by atoms with van der Waals surface area (Å²) in [6.45, 7) is 3.79. The number of hydrogen-bond acceptors (Lipinski definition) is 2. The number of nitrogens with one attached hydrogen (secondary N) is 1. The van der Waals surface area contributed by atoms with Crippen molar-refractivity contribution in [1.29, 1.82) is 0 Å². The summed E-state index contributed by atoms with van der Waals surface area (Å²) in [6, 6.07) is 10.2. The van der Waals surface area contributed by atoms with E-state index in [1.807, 2.05) is 19.9 Å². The molecule has 0 aliphatic carbocycles. The minimum atomic E-state index is -0.247. The van der Waals surface area contributed by atoms with Gasteiger partial charge in [0.05, 0.1) is 0 Å². The zero-order chi connectivity index (χ0) is 14.7. The van der Waals surface area contributed by atoms with Crippen LogP contribution < -0.4 is 5.32 Å². The first-order valence-electron chi connectivity index (χ1n) is 6.43. The lowest BCUT2D eigenvalue weighted by atomic mass is 9.89. The van der Waals surface area contributed by atoms with Crippen LogP contribution in [0.4, 0.5) is 10.1 Å². The van der Waals surface area contributed by atoms with Crippen molar-refractivity contribution in [3.05, 3.63) is 63.9 Å². The van der Waals surface area contributed by atoms with Gasteiger partial charge in [0.25, 0.3) is 0 Å².